The van der Waals surface area contributed by atoms with E-state index in [-0.39, 0.29) is 6.09 Å². The summed E-state index contributed by atoms with van der Waals surface area (Å²) in [6, 6.07) is 8.27. The Morgan fingerprint density at radius 2 is 2.04 bits per heavy atom. The topological polar surface area (TPSA) is 75.2 Å². The molecule has 0 saturated carbocycles. The van der Waals surface area contributed by atoms with Crippen LogP contribution in [0.25, 0.3) is 0 Å². The summed E-state index contributed by atoms with van der Waals surface area (Å²) in [6.07, 6.45) is 1.53. The van der Waals surface area contributed by atoms with Crippen LogP contribution in [-0.2, 0) is 4.74 Å². The summed E-state index contributed by atoms with van der Waals surface area (Å²) in [4.78, 5) is 17.8. The zero-order valence-electron chi connectivity index (χ0n) is 16.0. The van der Waals surface area contributed by atoms with Gasteiger partial charge in [0.25, 0.3) is 0 Å². The number of benzene rings is 1. The van der Waals surface area contributed by atoms with E-state index < -0.39 is 0 Å². The van der Waals surface area contributed by atoms with Gasteiger partial charge in [0.15, 0.2) is 5.96 Å². The molecule has 1 aliphatic rings. The lowest BCUT2D eigenvalue weighted by atomic mass is 10.1. The highest BCUT2D eigenvalue weighted by atomic mass is 16.6. The summed E-state index contributed by atoms with van der Waals surface area (Å²) in [6.45, 7) is 6.89. The van der Waals surface area contributed by atoms with Crippen LogP contribution < -0.4 is 15.4 Å². The number of aliphatic imine (C=N–C) groups is 1. The second-order valence-corrected chi connectivity index (χ2v) is 6.22. The molecule has 2 N–H and O–H groups in total. The first-order valence-corrected chi connectivity index (χ1v) is 9.21. The second kappa shape index (κ2) is 10.5. The maximum absolute atomic E-state index is 11.7. The third-order valence-corrected chi connectivity index (χ3v) is 4.33. The fourth-order valence-electron chi connectivity index (χ4n) is 2.86. The molecule has 1 amide bonds. The monoisotopic (exact) mass is 362 g/mol. The van der Waals surface area contributed by atoms with Crippen molar-refractivity contribution in [2.75, 3.05) is 39.9 Å². The van der Waals surface area contributed by atoms with Crippen molar-refractivity contribution in [2.45, 2.75) is 32.7 Å². The average molecular weight is 362 g/mol. The summed E-state index contributed by atoms with van der Waals surface area (Å²) in [5.74, 6) is 1.66. The van der Waals surface area contributed by atoms with Crippen molar-refractivity contribution in [3.05, 3.63) is 29.8 Å². The van der Waals surface area contributed by atoms with Crippen LogP contribution in [0.4, 0.5) is 4.79 Å². The van der Waals surface area contributed by atoms with E-state index >= 15 is 0 Å². The molecule has 0 atom stereocenters. The normalized spacial score (nSPS) is 15.5. The largest absolute Gasteiger partial charge is 0.491 e. The lowest BCUT2D eigenvalue weighted by Crippen LogP contribution is -2.50. The van der Waals surface area contributed by atoms with Crippen molar-refractivity contribution in [1.29, 1.82) is 0 Å². The number of ether oxygens (including phenoxy) is 2. The molecule has 0 radical (unpaired) electrons. The Kier molecular flexibility index (Phi) is 8.05. The smallest absolute Gasteiger partial charge is 0.409 e. The summed E-state index contributed by atoms with van der Waals surface area (Å²) >= 11 is 0. The van der Waals surface area contributed by atoms with E-state index in [2.05, 4.69) is 15.6 Å². The maximum Gasteiger partial charge on any atom is 0.409 e. The van der Waals surface area contributed by atoms with Gasteiger partial charge in [-0.15, -0.1) is 0 Å². The van der Waals surface area contributed by atoms with Gasteiger partial charge in [0.1, 0.15) is 12.4 Å². The highest BCUT2D eigenvalue weighted by molar-refractivity contribution is 5.80. The van der Waals surface area contributed by atoms with E-state index in [1.54, 1.807) is 11.9 Å². The van der Waals surface area contributed by atoms with Crippen LogP contribution in [0.2, 0.25) is 0 Å². The average Bonchev–Trinajstić information content (AvgIpc) is 2.66. The Morgan fingerprint density at radius 3 is 2.69 bits per heavy atom. The summed E-state index contributed by atoms with van der Waals surface area (Å²) in [5, 5.41) is 6.68. The predicted molar refractivity (Wildman–Crippen MR) is 103 cm³/mol. The first kappa shape index (κ1) is 19.9. The lowest BCUT2D eigenvalue weighted by molar-refractivity contribution is 0.0963. The number of hydrogen-bond donors (Lipinski definition) is 2. The molecule has 0 bridgehead atoms. The Balaban J connectivity index is 1.67. The number of amides is 1. The Bertz CT molecular complexity index is 598. The summed E-state index contributed by atoms with van der Waals surface area (Å²) < 4.78 is 10.8. The van der Waals surface area contributed by atoms with E-state index in [0.29, 0.717) is 38.9 Å². The molecule has 0 spiro atoms. The SMILES string of the molecule is CCOC(=O)N1CCC(NC(=NC)NCCOc2ccccc2C)CC1. The highest BCUT2D eigenvalue weighted by Gasteiger charge is 2.23. The zero-order chi connectivity index (χ0) is 18.8. The number of rotatable bonds is 6. The van der Waals surface area contributed by atoms with E-state index in [9.17, 15) is 4.79 Å². The number of piperidine rings is 1. The molecule has 0 aliphatic carbocycles. The van der Waals surface area contributed by atoms with Gasteiger partial charge in [-0.25, -0.2) is 4.79 Å². The predicted octanol–water partition coefficient (Wildman–Crippen LogP) is 2.16. The third-order valence-electron chi connectivity index (χ3n) is 4.33. The van der Waals surface area contributed by atoms with Crippen molar-refractivity contribution in [2.24, 2.45) is 4.99 Å². The molecule has 7 heteroatoms. The van der Waals surface area contributed by atoms with Gasteiger partial charge in [-0.1, -0.05) is 18.2 Å². The van der Waals surface area contributed by atoms with E-state index in [1.807, 2.05) is 38.1 Å². The molecule has 2 rings (SSSR count). The number of carbonyl (C=O) groups excluding carboxylic acids is 1. The lowest BCUT2D eigenvalue weighted by Gasteiger charge is -2.32. The number of para-hydroxylation sites is 1. The molecule has 144 valence electrons. The molecule has 1 aromatic carbocycles. The van der Waals surface area contributed by atoms with Crippen molar-refractivity contribution in [3.63, 3.8) is 0 Å². The number of nitrogens with zero attached hydrogens (tertiary/aromatic N) is 2. The summed E-state index contributed by atoms with van der Waals surface area (Å²) in [7, 11) is 1.76. The fraction of sp³-hybridized carbons (Fsp3) is 0.579. The molecular weight excluding hydrogens is 332 g/mol. The van der Waals surface area contributed by atoms with Crippen LogP contribution in [0.1, 0.15) is 25.3 Å². The van der Waals surface area contributed by atoms with Crippen LogP contribution in [0.3, 0.4) is 0 Å². The van der Waals surface area contributed by atoms with Gasteiger partial charge in [0.05, 0.1) is 13.2 Å². The zero-order valence-corrected chi connectivity index (χ0v) is 16.0. The van der Waals surface area contributed by atoms with Gasteiger partial charge in [-0.3, -0.25) is 4.99 Å². The molecule has 1 fully saturated rings. The minimum absolute atomic E-state index is 0.221. The van der Waals surface area contributed by atoms with Crippen molar-refractivity contribution >= 4 is 12.1 Å². The van der Waals surface area contributed by atoms with Crippen LogP contribution >= 0.6 is 0 Å². The van der Waals surface area contributed by atoms with Gasteiger partial charge >= 0.3 is 6.09 Å². The first-order valence-electron chi connectivity index (χ1n) is 9.21. The highest BCUT2D eigenvalue weighted by Crippen LogP contribution is 2.15. The number of likely N-dealkylation sites (tertiary alicyclic amines) is 1. The van der Waals surface area contributed by atoms with Crippen LogP contribution in [0.15, 0.2) is 29.3 Å². The molecule has 1 saturated heterocycles. The number of carbonyl (C=O) groups is 1. The number of guanidine groups is 1. The number of hydrogen-bond acceptors (Lipinski definition) is 4. The van der Waals surface area contributed by atoms with Gasteiger partial charge in [0, 0.05) is 26.2 Å². The van der Waals surface area contributed by atoms with Crippen LogP contribution in [0.5, 0.6) is 5.75 Å². The van der Waals surface area contributed by atoms with Crippen LogP contribution in [-0.4, -0.2) is 62.9 Å². The van der Waals surface area contributed by atoms with E-state index in [1.165, 1.54) is 0 Å². The molecule has 0 aromatic heterocycles. The van der Waals surface area contributed by atoms with Crippen LogP contribution in [0, 0.1) is 6.92 Å². The second-order valence-electron chi connectivity index (χ2n) is 6.22. The maximum atomic E-state index is 11.7. The van der Waals surface area contributed by atoms with Crippen molar-refractivity contribution in [1.82, 2.24) is 15.5 Å². The van der Waals surface area contributed by atoms with E-state index in [4.69, 9.17) is 9.47 Å². The minimum Gasteiger partial charge on any atom is -0.491 e. The Labute approximate surface area is 155 Å². The molecule has 0 unspecified atom stereocenters. The van der Waals surface area contributed by atoms with Gasteiger partial charge in [0.2, 0.25) is 0 Å². The fourth-order valence-corrected chi connectivity index (χ4v) is 2.86. The Hall–Kier alpha value is -2.44. The van der Waals surface area contributed by atoms with Gasteiger partial charge in [-0.2, -0.15) is 0 Å². The van der Waals surface area contributed by atoms with Gasteiger partial charge < -0.3 is 25.0 Å². The van der Waals surface area contributed by atoms with Crippen molar-refractivity contribution < 1.29 is 14.3 Å². The molecule has 26 heavy (non-hydrogen) atoms. The van der Waals surface area contributed by atoms with Crippen molar-refractivity contribution in [3.8, 4) is 5.75 Å². The molecule has 1 aliphatic heterocycles. The number of aryl methyl sites for hydroxylation is 1. The number of nitrogens with one attached hydrogen (secondary N) is 2. The molecule has 7 nitrogen and oxygen atoms in total. The summed E-state index contributed by atoms with van der Waals surface area (Å²) in [5.41, 5.74) is 1.13. The molecule has 1 heterocycles. The van der Waals surface area contributed by atoms with E-state index in [0.717, 1.165) is 30.1 Å². The quantitative estimate of drug-likeness (QED) is 0.461. The van der Waals surface area contributed by atoms with Gasteiger partial charge in [-0.05, 0) is 38.3 Å². The molecular formula is C19H30N4O3. The standard InChI is InChI=1S/C19H30N4O3/c1-4-25-19(24)23-12-9-16(10-13-23)22-18(20-3)21-11-14-26-17-8-6-5-7-15(17)2/h5-8,16H,4,9-14H2,1-3H3,(H2,20,21,22). The molecule has 1 aromatic rings. The minimum atomic E-state index is -0.221. The first-order chi connectivity index (χ1) is 12.6. The Morgan fingerprint density at radius 1 is 1.31 bits per heavy atom. The third kappa shape index (κ3) is 6.13.